The molecule has 1 aliphatic rings. The molecule has 2 nitrogen and oxygen atoms in total. The van der Waals surface area contributed by atoms with Crippen molar-refractivity contribution in [3.63, 3.8) is 0 Å². The largest absolute Gasteiger partial charge is 0.317 e. The lowest BCUT2D eigenvalue weighted by atomic mass is 9.81. The maximum absolute atomic E-state index is 4.46. The summed E-state index contributed by atoms with van der Waals surface area (Å²) in [6.45, 7) is 2.43. The van der Waals surface area contributed by atoms with Gasteiger partial charge >= 0.3 is 0 Å². The Hall–Kier alpha value is -1.41. The standard InChI is InChI=1S/C17H22N2/c1-17(9-7-14(12-17)18-2)11-13-8-10-19-16-6-4-3-5-15(13)16/h3-6,8,10,14,18H,7,9,11-12H2,1-2H3. The molecule has 0 aliphatic heterocycles. The molecule has 1 aliphatic carbocycles. The van der Waals surface area contributed by atoms with E-state index in [0.717, 1.165) is 11.9 Å². The maximum atomic E-state index is 4.46. The van der Waals surface area contributed by atoms with Crippen molar-refractivity contribution in [1.82, 2.24) is 10.3 Å². The predicted octanol–water partition coefficient (Wildman–Crippen LogP) is 3.56. The topological polar surface area (TPSA) is 24.9 Å². The van der Waals surface area contributed by atoms with E-state index in [1.807, 2.05) is 6.20 Å². The fraction of sp³-hybridized carbons (Fsp3) is 0.471. The van der Waals surface area contributed by atoms with Gasteiger partial charge in [-0.15, -0.1) is 0 Å². The zero-order valence-electron chi connectivity index (χ0n) is 11.8. The monoisotopic (exact) mass is 254 g/mol. The van der Waals surface area contributed by atoms with Gasteiger partial charge in [0.25, 0.3) is 0 Å². The molecule has 1 N–H and O–H groups in total. The zero-order chi connectivity index (χ0) is 13.3. The Morgan fingerprint density at radius 2 is 2.16 bits per heavy atom. The molecule has 0 amide bonds. The van der Waals surface area contributed by atoms with Crippen LogP contribution >= 0.6 is 0 Å². The average molecular weight is 254 g/mol. The molecule has 1 aromatic carbocycles. The number of aromatic nitrogens is 1. The second-order valence-electron chi connectivity index (χ2n) is 6.20. The van der Waals surface area contributed by atoms with E-state index in [1.165, 1.54) is 30.2 Å². The van der Waals surface area contributed by atoms with Gasteiger partial charge in [0.05, 0.1) is 5.52 Å². The van der Waals surface area contributed by atoms with Crippen LogP contribution in [-0.4, -0.2) is 18.1 Å². The van der Waals surface area contributed by atoms with Crippen LogP contribution in [0.2, 0.25) is 0 Å². The number of pyridine rings is 1. The average Bonchev–Trinajstić information content (AvgIpc) is 2.81. The van der Waals surface area contributed by atoms with E-state index in [4.69, 9.17) is 0 Å². The molecule has 1 aromatic heterocycles. The molecule has 1 saturated carbocycles. The van der Waals surface area contributed by atoms with E-state index in [-0.39, 0.29) is 0 Å². The lowest BCUT2D eigenvalue weighted by molar-refractivity contribution is 0.325. The number of fused-ring (bicyclic) bond motifs is 1. The third-order valence-corrected chi connectivity index (χ3v) is 4.60. The van der Waals surface area contributed by atoms with Crippen LogP contribution in [-0.2, 0) is 6.42 Å². The van der Waals surface area contributed by atoms with Gasteiger partial charge in [-0.3, -0.25) is 4.98 Å². The van der Waals surface area contributed by atoms with E-state index < -0.39 is 0 Å². The maximum Gasteiger partial charge on any atom is 0.0704 e. The Balaban J connectivity index is 1.90. The van der Waals surface area contributed by atoms with Crippen molar-refractivity contribution in [1.29, 1.82) is 0 Å². The first-order valence-corrected chi connectivity index (χ1v) is 7.20. The third-order valence-electron chi connectivity index (χ3n) is 4.60. The second kappa shape index (κ2) is 4.93. The highest BCUT2D eigenvalue weighted by Crippen LogP contribution is 2.41. The summed E-state index contributed by atoms with van der Waals surface area (Å²) in [6.07, 6.45) is 7.01. The summed E-state index contributed by atoms with van der Waals surface area (Å²) < 4.78 is 0. The Bertz CT molecular complexity index is 573. The quantitative estimate of drug-likeness (QED) is 0.906. The summed E-state index contributed by atoms with van der Waals surface area (Å²) in [5, 5.41) is 4.75. The highest BCUT2D eigenvalue weighted by atomic mass is 14.9. The first-order chi connectivity index (χ1) is 9.20. The normalized spacial score (nSPS) is 26.9. The molecule has 3 rings (SSSR count). The third kappa shape index (κ3) is 2.50. The predicted molar refractivity (Wildman–Crippen MR) is 80.3 cm³/mol. The van der Waals surface area contributed by atoms with Crippen molar-refractivity contribution in [2.75, 3.05) is 7.05 Å². The molecule has 2 atom stereocenters. The van der Waals surface area contributed by atoms with Crippen LogP contribution < -0.4 is 5.32 Å². The number of benzene rings is 1. The fourth-order valence-corrected chi connectivity index (χ4v) is 3.50. The van der Waals surface area contributed by atoms with E-state index in [0.29, 0.717) is 11.5 Å². The van der Waals surface area contributed by atoms with E-state index >= 15 is 0 Å². The molecule has 1 heterocycles. The van der Waals surface area contributed by atoms with Crippen molar-refractivity contribution in [2.45, 2.75) is 38.6 Å². The molecular formula is C17H22N2. The number of nitrogens with one attached hydrogen (secondary N) is 1. The molecule has 1 fully saturated rings. The fourth-order valence-electron chi connectivity index (χ4n) is 3.50. The second-order valence-corrected chi connectivity index (χ2v) is 6.20. The molecule has 2 aromatic rings. The van der Waals surface area contributed by atoms with E-state index in [2.05, 4.69) is 54.6 Å². The number of hydrogen-bond donors (Lipinski definition) is 1. The number of hydrogen-bond acceptors (Lipinski definition) is 2. The van der Waals surface area contributed by atoms with Gasteiger partial charge in [-0.1, -0.05) is 25.1 Å². The SMILES string of the molecule is CNC1CCC(C)(Cc2ccnc3ccccc23)C1. The smallest absolute Gasteiger partial charge is 0.0704 e. The number of para-hydroxylation sites is 1. The van der Waals surface area contributed by atoms with Crippen molar-refractivity contribution in [3.05, 3.63) is 42.1 Å². The summed E-state index contributed by atoms with van der Waals surface area (Å²) in [7, 11) is 2.08. The van der Waals surface area contributed by atoms with Gasteiger partial charge < -0.3 is 5.32 Å². The number of nitrogens with zero attached hydrogens (tertiary/aromatic N) is 1. The highest BCUT2D eigenvalue weighted by Gasteiger charge is 2.34. The molecule has 2 heteroatoms. The van der Waals surface area contributed by atoms with E-state index in [1.54, 1.807) is 0 Å². The zero-order valence-corrected chi connectivity index (χ0v) is 11.8. The first kappa shape index (κ1) is 12.6. The first-order valence-electron chi connectivity index (χ1n) is 7.20. The summed E-state index contributed by atoms with van der Waals surface area (Å²) in [6, 6.07) is 11.4. The summed E-state index contributed by atoms with van der Waals surface area (Å²) in [5.74, 6) is 0. The number of rotatable bonds is 3. The summed E-state index contributed by atoms with van der Waals surface area (Å²) in [4.78, 5) is 4.46. The summed E-state index contributed by atoms with van der Waals surface area (Å²) >= 11 is 0. The highest BCUT2D eigenvalue weighted by molar-refractivity contribution is 5.81. The Morgan fingerprint density at radius 1 is 1.32 bits per heavy atom. The van der Waals surface area contributed by atoms with Gasteiger partial charge in [0.2, 0.25) is 0 Å². The van der Waals surface area contributed by atoms with Crippen molar-refractivity contribution < 1.29 is 0 Å². The lowest BCUT2D eigenvalue weighted by Crippen LogP contribution is -2.24. The van der Waals surface area contributed by atoms with Gasteiger partial charge in [-0.25, -0.2) is 0 Å². The molecule has 0 bridgehead atoms. The molecule has 0 spiro atoms. The molecule has 100 valence electrons. The Kier molecular flexibility index (Phi) is 3.28. The minimum atomic E-state index is 0.428. The van der Waals surface area contributed by atoms with Gasteiger partial charge in [0.15, 0.2) is 0 Å². The van der Waals surface area contributed by atoms with Gasteiger partial charge in [-0.05, 0) is 55.8 Å². The van der Waals surface area contributed by atoms with Crippen LogP contribution in [0, 0.1) is 5.41 Å². The lowest BCUT2D eigenvalue weighted by Gasteiger charge is -2.25. The van der Waals surface area contributed by atoms with Crippen LogP contribution in [0.4, 0.5) is 0 Å². The van der Waals surface area contributed by atoms with Gasteiger partial charge in [0, 0.05) is 17.6 Å². The summed E-state index contributed by atoms with van der Waals surface area (Å²) in [5.41, 5.74) is 2.99. The van der Waals surface area contributed by atoms with Crippen molar-refractivity contribution >= 4 is 10.9 Å². The molecule has 2 unspecified atom stereocenters. The van der Waals surface area contributed by atoms with Crippen LogP contribution in [0.1, 0.15) is 31.7 Å². The van der Waals surface area contributed by atoms with E-state index in [9.17, 15) is 0 Å². The Labute approximate surface area is 115 Å². The van der Waals surface area contributed by atoms with Gasteiger partial charge in [-0.2, -0.15) is 0 Å². The van der Waals surface area contributed by atoms with Crippen molar-refractivity contribution in [3.8, 4) is 0 Å². The molecule has 19 heavy (non-hydrogen) atoms. The van der Waals surface area contributed by atoms with Crippen LogP contribution in [0.25, 0.3) is 10.9 Å². The van der Waals surface area contributed by atoms with Gasteiger partial charge in [0.1, 0.15) is 0 Å². The van der Waals surface area contributed by atoms with Crippen LogP contribution in [0.5, 0.6) is 0 Å². The Morgan fingerprint density at radius 3 is 2.95 bits per heavy atom. The minimum absolute atomic E-state index is 0.428. The molecular weight excluding hydrogens is 232 g/mol. The minimum Gasteiger partial charge on any atom is -0.317 e. The van der Waals surface area contributed by atoms with Crippen LogP contribution in [0.3, 0.4) is 0 Å². The van der Waals surface area contributed by atoms with Crippen LogP contribution in [0.15, 0.2) is 36.5 Å². The molecule has 0 saturated heterocycles. The van der Waals surface area contributed by atoms with Crippen molar-refractivity contribution in [2.24, 2.45) is 5.41 Å². The molecule has 0 radical (unpaired) electrons.